The van der Waals surface area contributed by atoms with Gasteiger partial charge in [-0.15, -0.1) is 0 Å². The van der Waals surface area contributed by atoms with Crippen molar-refractivity contribution in [2.75, 3.05) is 0 Å². The van der Waals surface area contributed by atoms with E-state index in [2.05, 4.69) is 31.9 Å². The van der Waals surface area contributed by atoms with Gasteiger partial charge in [0.2, 0.25) is 0 Å². The molecule has 0 amide bonds. The topological polar surface area (TPSA) is 52.4 Å². The number of nitrogens with zero attached hydrogens (tertiary/aromatic N) is 1. The molecule has 0 unspecified atom stereocenters. The SMILES string of the molecule is O=[N+]([O-])c1cc(Br)c(F)cc1OCc1ccc(F)c(Br)c1. The first-order chi connectivity index (χ1) is 9.88. The second-order valence-corrected chi connectivity index (χ2v) is 5.74. The van der Waals surface area contributed by atoms with E-state index < -0.39 is 16.6 Å². The molecule has 4 nitrogen and oxygen atoms in total. The number of rotatable bonds is 4. The average Bonchev–Trinajstić information content (AvgIpc) is 2.43. The Labute approximate surface area is 135 Å². The molecule has 0 spiro atoms. The van der Waals surface area contributed by atoms with Crippen molar-refractivity contribution in [1.82, 2.24) is 0 Å². The Morgan fingerprint density at radius 1 is 1.10 bits per heavy atom. The molecule has 110 valence electrons. The van der Waals surface area contributed by atoms with Crippen LogP contribution in [0.4, 0.5) is 14.5 Å². The monoisotopic (exact) mass is 421 g/mol. The van der Waals surface area contributed by atoms with E-state index in [9.17, 15) is 18.9 Å². The van der Waals surface area contributed by atoms with Crippen LogP contribution in [0, 0.1) is 21.7 Å². The molecule has 0 N–H and O–H groups in total. The highest BCUT2D eigenvalue weighted by Crippen LogP contribution is 2.33. The lowest BCUT2D eigenvalue weighted by molar-refractivity contribution is -0.386. The third kappa shape index (κ3) is 3.76. The Kier molecular flexibility index (Phi) is 4.89. The highest BCUT2D eigenvalue weighted by molar-refractivity contribution is 9.10. The normalized spacial score (nSPS) is 10.5. The van der Waals surface area contributed by atoms with Crippen LogP contribution in [0.5, 0.6) is 5.75 Å². The molecule has 0 aliphatic carbocycles. The summed E-state index contributed by atoms with van der Waals surface area (Å²) in [6.07, 6.45) is 0. The number of nitro groups is 1. The first kappa shape index (κ1) is 15.8. The minimum atomic E-state index is -0.670. The third-order valence-corrected chi connectivity index (χ3v) is 3.79. The molecule has 0 saturated carbocycles. The van der Waals surface area contributed by atoms with Gasteiger partial charge in [0, 0.05) is 12.1 Å². The van der Waals surface area contributed by atoms with Crippen molar-refractivity contribution in [3.63, 3.8) is 0 Å². The Morgan fingerprint density at radius 2 is 1.76 bits per heavy atom. The van der Waals surface area contributed by atoms with Crippen molar-refractivity contribution in [3.05, 3.63) is 66.6 Å². The van der Waals surface area contributed by atoms with Crippen LogP contribution >= 0.6 is 31.9 Å². The van der Waals surface area contributed by atoms with Crippen molar-refractivity contribution in [2.24, 2.45) is 0 Å². The Balaban J connectivity index is 2.24. The summed E-state index contributed by atoms with van der Waals surface area (Å²) in [6, 6.07) is 6.16. The van der Waals surface area contributed by atoms with Gasteiger partial charge in [0.1, 0.15) is 18.2 Å². The summed E-state index contributed by atoms with van der Waals surface area (Å²) in [6.45, 7) is -0.0548. The summed E-state index contributed by atoms with van der Waals surface area (Å²) in [5, 5.41) is 10.9. The maximum absolute atomic E-state index is 13.5. The second-order valence-electron chi connectivity index (χ2n) is 4.03. The molecular weight excluding hydrogens is 416 g/mol. The zero-order chi connectivity index (χ0) is 15.6. The maximum Gasteiger partial charge on any atom is 0.312 e. The molecule has 21 heavy (non-hydrogen) atoms. The summed E-state index contributed by atoms with van der Waals surface area (Å²) in [4.78, 5) is 10.3. The molecule has 8 heteroatoms. The first-order valence-corrected chi connectivity index (χ1v) is 7.17. The fraction of sp³-hybridized carbons (Fsp3) is 0.0769. The van der Waals surface area contributed by atoms with Gasteiger partial charge in [-0.05, 0) is 49.6 Å². The first-order valence-electron chi connectivity index (χ1n) is 5.58. The molecular formula is C13H7Br2F2NO3. The van der Waals surface area contributed by atoms with Crippen molar-refractivity contribution in [2.45, 2.75) is 6.61 Å². The van der Waals surface area contributed by atoms with E-state index in [4.69, 9.17) is 4.74 Å². The molecule has 0 radical (unpaired) electrons. The quantitative estimate of drug-likeness (QED) is 0.515. The van der Waals surface area contributed by atoms with E-state index in [1.165, 1.54) is 18.2 Å². The van der Waals surface area contributed by atoms with Crippen molar-refractivity contribution >= 4 is 37.5 Å². The van der Waals surface area contributed by atoms with Crippen LogP contribution in [0.2, 0.25) is 0 Å². The molecule has 0 aliphatic heterocycles. The van der Waals surface area contributed by atoms with E-state index in [1.54, 1.807) is 0 Å². The molecule has 0 fully saturated rings. The minimum absolute atomic E-state index is 0.0222. The van der Waals surface area contributed by atoms with Crippen LogP contribution in [0.25, 0.3) is 0 Å². The van der Waals surface area contributed by atoms with Gasteiger partial charge in [-0.25, -0.2) is 8.78 Å². The molecule has 2 aromatic rings. The van der Waals surface area contributed by atoms with E-state index in [1.807, 2.05) is 0 Å². The number of ether oxygens (including phenoxy) is 1. The van der Waals surface area contributed by atoms with E-state index in [0.717, 1.165) is 12.1 Å². The fourth-order valence-electron chi connectivity index (χ4n) is 1.57. The second kappa shape index (κ2) is 6.48. The molecule has 0 aliphatic rings. The zero-order valence-electron chi connectivity index (χ0n) is 10.3. The Hall–Kier alpha value is -1.54. The van der Waals surface area contributed by atoms with Gasteiger partial charge in [-0.1, -0.05) is 6.07 Å². The van der Waals surface area contributed by atoms with Gasteiger partial charge in [0.05, 0.1) is 13.9 Å². The lowest BCUT2D eigenvalue weighted by atomic mass is 10.2. The van der Waals surface area contributed by atoms with Crippen LogP contribution in [0.3, 0.4) is 0 Å². The standard InChI is InChI=1S/C13H7Br2F2NO3/c14-8-3-7(1-2-10(8)16)6-21-13-5-11(17)9(15)4-12(13)18(19)20/h1-5H,6H2. The number of hydrogen-bond acceptors (Lipinski definition) is 3. The van der Waals surface area contributed by atoms with Crippen LogP contribution < -0.4 is 4.74 Å². The van der Waals surface area contributed by atoms with Gasteiger partial charge >= 0.3 is 5.69 Å². The minimum Gasteiger partial charge on any atom is -0.482 e. The lowest BCUT2D eigenvalue weighted by Gasteiger charge is -2.08. The molecule has 2 aromatic carbocycles. The predicted octanol–water partition coefficient (Wildman–Crippen LogP) is 4.98. The third-order valence-electron chi connectivity index (χ3n) is 2.58. The lowest BCUT2D eigenvalue weighted by Crippen LogP contribution is -2.00. The Bertz CT molecular complexity index is 710. The Morgan fingerprint density at radius 3 is 2.38 bits per heavy atom. The molecule has 0 heterocycles. The smallest absolute Gasteiger partial charge is 0.312 e. The number of nitro benzene ring substituents is 1. The van der Waals surface area contributed by atoms with E-state index >= 15 is 0 Å². The van der Waals surface area contributed by atoms with Crippen molar-refractivity contribution < 1.29 is 18.4 Å². The van der Waals surface area contributed by atoms with Gasteiger partial charge < -0.3 is 4.74 Å². The largest absolute Gasteiger partial charge is 0.482 e. The molecule has 2 rings (SSSR count). The van der Waals surface area contributed by atoms with Gasteiger partial charge in [-0.3, -0.25) is 10.1 Å². The van der Waals surface area contributed by atoms with Crippen LogP contribution in [-0.2, 0) is 6.61 Å². The van der Waals surface area contributed by atoms with Crippen LogP contribution in [0.1, 0.15) is 5.56 Å². The van der Waals surface area contributed by atoms with Crippen LogP contribution in [0.15, 0.2) is 39.3 Å². The molecule has 0 saturated heterocycles. The van der Waals surface area contributed by atoms with Gasteiger partial charge in [0.15, 0.2) is 5.75 Å². The van der Waals surface area contributed by atoms with Crippen molar-refractivity contribution in [3.8, 4) is 5.75 Å². The van der Waals surface area contributed by atoms with E-state index in [0.29, 0.717) is 5.56 Å². The molecule has 0 bridgehead atoms. The maximum atomic E-state index is 13.5. The van der Waals surface area contributed by atoms with Gasteiger partial charge in [0.25, 0.3) is 0 Å². The summed E-state index contributed by atoms with van der Waals surface area (Å²) in [7, 11) is 0. The fourth-order valence-corrected chi connectivity index (χ4v) is 2.32. The average molecular weight is 423 g/mol. The predicted molar refractivity (Wildman–Crippen MR) is 79.2 cm³/mol. The summed E-state index contributed by atoms with van der Waals surface area (Å²) in [5.41, 5.74) is 0.227. The highest BCUT2D eigenvalue weighted by atomic mass is 79.9. The highest BCUT2D eigenvalue weighted by Gasteiger charge is 2.19. The van der Waals surface area contributed by atoms with Crippen molar-refractivity contribution in [1.29, 1.82) is 0 Å². The van der Waals surface area contributed by atoms with E-state index in [-0.39, 0.29) is 27.0 Å². The zero-order valence-corrected chi connectivity index (χ0v) is 13.4. The van der Waals surface area contributed by atoms with Crippen LogP contribution in [-0.4, -0.2) is 4.92 Å². The van der Waals surface area contributed by atoms with Gasteiger partial charge in [-0.2, -0.15) is 0 Å². The summed E-state index contributed by atoms with van der Waals surface area (Å²) < 4.78 is 32.1. The number of halogens is 4. The molecule has 0 aromatic heterocycles. The summed E-state index contributed by atoms with van der Waals surface area (Å²) >= 11 is 5.91. The molecule has 0 atom stereocenters. The summed E-state index contributed by atoms with van der Waals surface area (Å²) in [5.74, 6) is -1.29. The number of benzene rings is 2. The number of hydrogen-bond donors (Lipinski definition) is 0.